The number of carbonyl (C=O) groups is 1. The van der Waals surface area contributed by atoms with Gasteiger partial charge in [0, 0.05) is 39.1 Å². The zero-order valence-electron chi connectivity index (χ0n) is 10.7. The SMILES string of the molecule is COCC(CNC(=O)c1ccnc(CN)c1)OC. The molecular formula is C12H19N3O3. The highest BCUT2D eigenvalue weighted by Crippen LogP contribution is 2.01. The number of hydrogen-bond donors (Lipinski definition) is 2. The Bertz CT molecular complexity index is 385. The van der Waals surface area contributed by atoms with Crippen LogP contribution in [0.3, 0.4) is 0 Å². The number of amides is 1. The maximum Gasteiger partial charge on any atom is 0.251 e. The van der Waals surface area contributed by atoms with Crippen molar-refractivity contribution in [3.05, 3.63) is 29.6 Å². The van der Waals surface area contributed by atoms with Crippen molar-refractivity contribution in [2.75, 3.05) is 27.4 Å². The van der Waals surface area contributed by atoms with Crippen LogP contribution < -0.4 is 11.1 Å². The third kappa shape index (κ3) is 4.40. The molecule has 1 amide bonds. The van der Waals surface area contributed by atoms with Gasteiger partial charge in [-0.05, 0) is 12.1 Å². The van der Waals surface area contributed by atoms with Crippen LogP contribution in [0.2, 0.25) is 0 Å². The van der Waals surface area contributed by atoms with E-state index >= 15 is 0 Å². The zero-order valence-corrected chi connectivity index (χ0v) is 10.7. The number of hydrogen-bond acceptors (Lipinski definition) is 5. The Morgan fingerprint density at radius 1 is 1.56 bits per heavy atom. The predicted molar refractivity (Wildman–Crippen MR) is 67.1 cm³/mol. The van der Waals surface area contributed by atoms with Crippen molar-refractivity contribution in [1.29, 1.82) is 0 Å². The molecule has 3 N–H and O–H groups in total. The first-order chi connectivity index (χ1) is 8.71. The van der Waals surface area contributed by atoms with Gasteiger partial charge in [-0.2, -0.15) is 0 Å². The molecule has 1 heterocycles. The molecule has 0 radical (unpaired) electrons. The van der Waals surface area contributed by atoms with Crippen LogP contribution in [0.25, 0.3) is 0 Å². The number of nitrogens with zero attached hydrogens (tertiary/aromatic N) is 1. The molecule has 0 saturated heterocycles. The zero-order chi connectivity index (χ0) is 13.4. The van der Waals surface area contributed by atoms with Crippen molar-refractivity contribution in [2.45, 2.75) is 12.6 Å². The first-order valence-corrected chi connectivity index (χ1v) is 5.66. The second-order valence-corrected chi connectivity index (χ2v) is 3.76. The molecule has 0 aliphatic carbocycles. The Morgan fingerprint density at radius 2 is 2.33 bits per heavy atom. The largest absolute Gasteiger partial charge is 0.382 e. The molecule has 0 aliphatic rings. The summed E-state index contributed by atoms with van der Waals surface area (Å²) in [5.41, 5.74) is 6.69. The van der Waals surface area contributed by atoms with Gasteiger partial charge in [-0.25, -0.2) is 0 Å². The minimum atomic E-state index is -0.176. The fourth-order valence-electron chi connectivity index (χ4n) is 1.44. The third-order valence-corrected chi connectivity index (χ3v) is 2.46. The number of nitrogens with one attached hydrogen (secondary N) is 1. The second kappa shape index (κ2) is 7.75. The van der Waals surface area contributed by atoms with E-state index in [0.29, 0.717) is 31.0 Å². The van der Waals surface area contributed by atoms with Crippen LogP contribution in [0.5, 0.6) is 0 Å². The number of ether oxygens (including phenoxy) is 2. The van der Waals surface area contributed by atoms with Crippen molar-refractivity contribution in [3.63, 3.8) is 0 Å². The molecule has 0 fully saturated rings. The summed E-state index contributed by atoms with van der Waals surface area (Å²) in [6.07, 6.45) is 1.41. The van der Waals surface area contributed by atoms with Gasteiger partial charge in [-0.3, -0.25) is 9.78 Å². The first kappa shape index (κ1) is 14.6. The number of rotatable bonds is 7. The number of methoxy groups -OCH3 is 2. The van der Waals surface area contributed by atoms with Crippen LogP contribution >= 0.6 is 0 Å². The lowest BCUT2D eigenvalue weighted by atomic mass is 10.2. The lowest BCUT2D eigenvalue weighted by molar-refractivity contribution is 0.0285. The summed E-state index contributed by atoms with van der Waals surface area (Å²) in [6, 6.07) is 3.32. The standard InChI is InChI=1S/C12H19N3O3/c1-17-8-11(18-2)7-15-12(16)9-3-4-14-10(5-9)6-13/h3-5,11H,6-8,13H2,1-2H3,(H,15,16). The number of nitrogens with two attached hydrogens (primary N) is 1. The van der Waals surface area contributed by atoms with Crippen LogP contribution in [0.4, 0.5) is 0 Å². The summed E-state index contributed by atoms with van der Waals surface area (Å²) in [6.45, 7) is 1.14. The van der Waals surface area contributed by atoms with E-state index < -0.39 is 0 Å². The fraction of sp³-hybridized carbons (Fsp3) is 0.500. The van der Waals surface area contributed by atoms with Gasteiger partial charge in [-0.1, -0.05) is 0 Å². The number of carbonyl (C=O) groups excluding carboxylic acids is 1. The molecule has 1 aromatic heterocycles. The predicted octanol–water partition coefficient (Wildman–Crippen LogP) is -0.0685. The fourth-order valence-corrected chi connectivity index (χ4v) is 1.44. The quantitative estimate of drug-likeness (QED) is 0.710. The molecular weight excluding hydrogens is 234 g/mol. The van der Waals surface area contributed by atoms with E-state index in [9.17, 15) is 4.79 Å². The molecule has 0 bridgehead atoms. The highest BCUT2D eigenvalue weighted by atomic mass is 16.5. The van der Waals surface area contributed by atoms with E-state index in [1.807, 2.05) is 0 Å². The van der Waals surface area contributed by atoms with Crippen molar-refractivity contribution in [3.8, 4) is 0 Å². The van der Waals surface area contributed by atoms with Gasteiger partial charge in [0.15, 0.2) is 0 Å². The van der Waals surface area contributed by atoms with Gasteiger partial charge in [-0.15, -0.1) is 0 Å². The molecule has 0 saturated carbocycles. The monoisotopic (exact) mass is 253 g/mol. The van der Waals surface area contributed by atoms with Crippen LogP contribution in [0.15, 0.2) is 18.3 Å². The average Bonchev–Trinajstić information content (AvgIpc) is 2.43. The van der Waals surface area contributed by atoms with E-state index in [2.05, 4.69) is 10.3 Å². The molecule has 6 nitrogen and oxygen atoms in total. The number of pyridine rings is 1. The molecule has 0 aliphatic heterocycles. The van der Waals surface area contributed by atoms with E-state index in [0.717, 1.165) is 0 Å². The average molecular weight is 253 g/mol. The van der Waals surface area contributed by atoms with Gasteiger partial charge in [0.2, 0.25) is 0 Å². The molecule has 100 valence electrons. The molecule has 18 heavy (non-hydrogen) atoms. The Labute approximate surface area is 106 Å². The molecule has 1 unspecified atom stereocenters. The van der Waals surface area contributed by atoms with Crippen molar-refractivity contribution >= 4 is 5.91 Å². The summed E-state index contributed by atoms with van der Waals surface area (Å²) >= 11 is 0. The highest BCUT2D eigenvalue weighted by molar-refractivity contribution is 5.94. The normalized spacial score (nSPS) is 12.2. The first-order valence-electron chi connectivity index (χ1n) is 5.66. The molecule has 0 spiro atoms. The van der Waals surface area contributed by atoms with E-state index in [1.54, 1.807) is 32.5 Å². The summed E-state index contributed by atoms with van der Waals surface area (Å²) < 4.78 is 10.1. The topological polar surface area (TPSA) is 86.5 Å². The Morgan fingerprint density at radius 3 is 2.94 bits per heavy atom. The van der Waals surface area contributed by atoms with Gasteiger partial charge in [0.25, 0.3) is 5.91 Å². The lowest BCUT2D eigenvalue weighted by Crippen LogP contribution is -2.35. The van der Waals surface area contributed by atoms with E-state index in [4.69, 9.17) is 15.2 Å². The van der Waals surface area contributed by atoms with Gasteiger partial charge in [0.05, 0.1) is 18.4 Å². The van der Waals surface area contributed by atoms with Gasteiger partial charge >= 0.3 is 0 Å². The van der Waals surface area contributed by atoms with Crippen LogP contribution in [-0.2, 0) is 16.0 Å². The van der Waals surface area contributed by atoms with E-state index in [1.165, 1.54) is 0 Å². The van der Waals surface area contributed by atoms with Crippen LogP contribution in [-0.4, -0.2) is 44.4 Å². The van der Waals surface area contributed by atoms with Crippen molar-refractivity contribution in [2.24, 2.45) is 5.73 Å². The van der Waals surface area contributed by atoms with Crippen molar-refractivity contribution < 1.29 is 14.3 Å². The van der Waals surface area contributed by atoms with Crippen molar-refractivity contribution in [1.82, 2.24) is 10.3 Å². The molecule has 1 rings (SSSR count). The minimum absolute atomic E-state index is 0.158. The molecule has 1 aromatic rings. The molecule has 6 heteroatoms. The Kier molecular flexibility index (Phi) is 6.27. The highest BCUT2D eigenvalue weighted by Gasteiger charge is 2.11. The maximum atomic E-state index is 11.9. The number of aromatic nitrogens is 1. The van der Waals surface area contributed by atoms with Gasteiger partial charge in [0.1, 0.15) is 0 Å². The Balaban J connectivity index is 2.53. The second-order valence-electron chi connectivity index (χ2n) is 3.76. The molecule has 0 aromatic carbocycles. The van der Waals surface area contributed by atoms with Crippen LogP contribution in [0.1, 0.15) is 16.1 Å². The minimum Gasteiger partial charge on any atom is -0.382 e. The summed E-state index contributed by atoms with van der Waals surface area (Å²) in [5.74, 6) is -0.176. The smallest absolute Gasteiger partial charge is 0.251 e. The maximum absolute atomic E-state index is 11.9. The Hall–Kier alpha value is -1.50. The summed E-state index contributed by atoms with van der Waals surface area (Å²) in [7, 11) is 3.17. The van der Waals surface area contributed by atoms with E-state index in [-0.39, 0.29) is 12.0 Å². The van der Waals surface area contributed by atoms with Crippen LogP contribution in [0, 0.1) is 0 Å². The molecule has 1 atom stereocenters. The lowest BCUT2D eigenvalue weighted by Gasteiger charge is -2.15. The summed E-state index contributed by atoms with van der Waals surface area (Å²) in [5, 5.41) is 2.77. The third-order valence-electron chi connectivity index (χ3n) is 2.46. The van der Waals surface area contributed by atoms with Gasteiger partial charge < -0.3 is 20.5 Å². The summed E-state index contributed by atoms with van der Waals surface area (Å²) in [4.78, 5) is 15.9.